The van der Waals surface area contributed by atoms with Crippen LogP contribution in [0.4, 0.5) is 4.79 Å². The highest BCUT2D eigenvalue weighted by molar-refractivity contribution is 5.68. The standard InChI is InChI=1S/C14H23NO3/c1-6-9-17-12-7-8-15(10-11(12)2)13(16)18-14(3,4)5/h1,11-12H,7-10H2,2-5H3/t11-,12-/m1/s1. The van der Waals surface area contributed by atoms with Crippen molar-refractivity contribution in [2.24, 2.45) is 5.92 Å². The van der Waals surface area contributed by atoms with Gasteiger partial charge in [0.2, 0.25) is 0 Å². The molecule has 1 amide bonds. The van der Waals surface area contributed by atoms with Gasteiger partial charge in [-0.25, -0.2) is 4.79 Å². The van der Waals surface area contributed by atoms with Gasteiger partial charge in [0.25, 0.3) is 0 Å². The molecule has 0 aliphatic carbocycles. The van der Waals surface area contributed by atoms with Crippen LogP contribution < -0.4 is 0 Å². The van der Waals surface area contributed by atoms with E-state index in [-0.39, 0.29) is 18.1 Å². The molecule has 102 valence electrons. The Morgan fingerprint density at radius 1 is 1.50 bits per heavy atom. The number of hydrogen-bond donors (Lipinski definition) is 0. The Kier molecular flexibility index (Phi) is 5.03. The minimum Gasteiger partial charge on any atom is -0.444 e. The Bertz CT molecular complexity index is 327. The van der Waals surface area contributed by atoms with Crippen molar-refractivity contribution >= 4 is 6.09 Å². The van der Waals surface area contributed by atoms with Crippen molar-refractivity contribution in [3.05, 3.63) is 0 Å². The molecule has 0 radical (unpaired) electrons. The first-order chi connectivity index (χ1) is 8.33. The Labute approximate surface area is 110 Å². The highest BCUT2D eigenvalue weighted by Gasteiger charge is 2.31. The fourth-order valence-corrected chi connectivity index (χ4v) is 2.02. The van der Waals surface area contributed by atoms with Crippen molar-refractivity contribution in [2.45, 2.75) is 45.8 Å². The third-order valence-corrected chi connectivity index (χ3v) is 2.86. The van der Waals surface area contributed by atoms with Crippen molar-refractivity contribution in [3.63, 3.8) is 0 Å². The summed E-state index contributed by atoms with van der Waals surface area (Å²) in [4.78, 5) is 13.7. The number of nitrogens with zero attached hydrogens (tertiary/aromatic N) is 1. The van der Waals surface area contributed by atoms with Crippen LogP contribution in [-0.2, 0) is 9.47 Å². The summed E-state index contributed by atoms with van der Waals surface area (Å²) >= 11 is 0. The number of carbonyl (C=O) groups excluding carboxylic acids is 1. The van der Waals surface area contributed by atoms with Gasteiger partial charge in [0.1, 0.15) is 12.2 Å². The number of carbonyl (C=O) groups is 1. The third kappa shape index (κ3) is 4.58. The van der Waals surface area contributed by atoms with Gasteiger partial charge in [-0.2, -0.15) is 0 Å². The minimum atomic E-state index is -0.447. The van der Waals surface area contributed by atoms with E-state index in [0.717, 1.165) is 6.42 Å². The van der Waals surface area contributed by atoms with Gasteiger partial charge in [-0.1, -0.05) is 12.8 Å². The number of hydrogen-bond acceptors (Lipinski definition) is 3. The lowest BCUT2D eigenvalue weighted by molar-refractivity contribution is -0.0273. The molecule has 2 atom stereocenters. The molecule has 4 heteroatoms. The summed E-state index contributed by atoms with van der Waals surface area (Å²) in [5.41, 5.74) is -0.447. The average molecular weight is 253 g/mol. The van der Waals surface area contributed by atoms with E-state index < -0.39 is 5.60 Å². The zero-order valence-corrected chi connectivity index (χ0v) is 11.7. The van der Waals surface area contributed by atoms with Gasteiger partial charge in [0.15, 0.2) is 0 Å². The van der Waals surface area contributed by atoms with Crippen LogP contribution in [0.15, 0.2) is 0 Å². The zero-order chi connectivity index (χ0) is 13.8. The number of piperidine rings is 1. The summed E-state index contributed by atoms with van der Waals surface area (Å²) in [6, 6.07) is 0. The zero-order valence-electron chi connectivity index (χ0n) is 11.7. The fourth-order valence-electron chi connectivity index (χ4n) is 2.02. The summed E-state index contributed by atoms with van der Waals surface area (Å²) < 4.78 is 10.9. The van der Waals surface area contributed by atoms with Crippen molar-refractivity contribution in [1.82, 2.24) is 4.90 Å². The number of likely N-dealkylation sites (tertiary alicyclic amines) is 1. The van der Waals surface area contributed by atoms with Crippen molar-refractivity contribution in [2.75, 3.05) is 19.7 Å². The molecule has 0 unspecified atom stereocenters. The maximum atomic E-state index is 11.9. The van der Waals surface area contributed by atoms with Crippen LogP contribution in [0.2, 0.25) is 0 Å². The Morgan fingerprint density at radius 2 is 2.17 bits per heavy atom. The second kappa shape index (κ2) is 6.10. The predicted molar refractivity (Wildman–Crippen MR) is 70.2 cm³/mol. The largest absolute Gasteiger partial charge is 0.444 e. The molecule has 1 rings (SSSR count). The lowest BCUT2D eigenvalue weighted by atomic mass is 9.97. The van der Waals surface area contributed by atoms with Crippen LogP contribution in [-0.4, -0.2) is 42.4 Å². The minimum absolute atomic E-state index is 0.139. The molecule has 18 heavy (non-hydrogen) atoms. The molecule has 0 N–H and O–H groups in total. The van der Waals surface area contributed by atoms with Crippen LogP contribution in [0.5, 0.6) is 0 Å². The molecule has 1 fully saturated rings. The molecule has 0 saturated carbocycles. The second-order valence-corrected chi connectivity index (χ2v) is 5.75. The smallest absolute Gasteiger partial charge is 0.410 e. The number of ether oxygens (including phenoxy) is 2. The van der Waals surface area contributed by atoms with Crippen molar-refractivity contribution in [1.29, 1.82) is 0 Å². The van der Waals surface area contributed by atoms with Crippen LogP contribution in [0.25, 0.3) is 0 Å². The molecule has 1 aliphatic heterocycles. The molecule has 0 aromatic heterocycles. The first kappa shape index (κ1) is 14.8. The summed E-state index contributed by atoms with van der Waals surface area (Å²) in [7, 11) is 0. The Hall–Kier alpha value is -1.21. The quantitative estimate of drug-likeness (QED) is 0.709. The van der Waals surface area contributed by atoms with E-state index in [0.29, 0.717) is 19.7 Å². The van der Waals surface area contributed by atoms with E-state index in [4.69, 9.17) is 15.9 Å². The van der Waals surface area contributed by atoms with Crippen LogP contribution in [0.3, 0.4) is 0 Å². The molecule has 1 aliphatic rings. The number of terminal acetylenes is 1. The second-order valence-electron chi connectivity index (χ2n) is 5.75. The Balaban J connectivity index is 2.45. The van der Waals surface area contributed by atoms with E-state index in [1.54, 1.807) is 4.90 Å². The van der Waals surface area contributed by atoms with Crippen molar-refractivity contribution in [3.8, 4) is 12.3 Å². The van der Waals surface area contributed by atoms with Gasteiger partial charge in [0, 0.05) is 19.0 Å². The molecule has 4 nitrogen and oxygen atoms in total. The molecular weight excluding hydrogens is 230 g/mol. The van der Waals surface area contributed by atoms with Gasteiger partial charge in [-0.05, 0) is 27.2 Å². The molecule has 0 aromatic carbocycles. The van der Waals surface area contributed by atoms with Gasteiger partial charge in [0.05, 0.1) is 6.10 Å². The summed E-state index contributed by atoms with van der Waals surface area (Å²) in [6.07, 6.45) is 5.88. The van der Waals surface area contributed by atoms with Gasteiger partial charge >= 0.3 is 6.09 Å². The Morgan fingerprint density at radius 3 is 2.67 bits per heavy atom. The van der Waals surface area contributed by atoms with Crippen LogP contribution >= 0.6 is 0 Å². The van der Waals surface area contributed by atoms with E-state index >= 15 is 0 Å². The molecule has 0 spiro atoms. The number of rotatable bonds is 2. The monoisotopic (exact) mass is 253 g/mol. The van der Waals surface area contributed by atoms with E-state index in [2.05, 4.69) is 12.8 Å². The highest BCUT2D eigenvalue weighted by atomic mass is 16.6. The lowest BCUT2D eigenvalue weighted by Crippen LogP contribution is -2.47. The predicted octanol–water partition coefficient (Wildman–Crippen LogP) is 2.28. The number of amides is 1. The SMILES string of the molecule is C#CCO[C@@H]1CCN(C(=O)OC(C)(C)C)C[C@H]1C. The fraction of sp³-hybridized carbons (Fsp3) is 0.786. The van der Waals surface area contributed by atoms with Crippen LogP contribution in [0, 0.1) is 18.3 Å². The summed E-state index contributed by atoms with van der Waals surface area (Å²) in [5.74, 6) is 2.75. The van der Waals surface area contributed by atoms with E-state index in [1.807, 2.05) is 20.8 Å². The first-order valence-corrected chi connectivity index (χ1v) is 6.36. The maximum absolute atomic E-state index is 11.9. The lowest BCUT2D eigenvalue weighted by Gasteiger charge is -2.37. The summed E-state index contributed by atoms with van der Waals surface area (Å²) in [5, 5.41) is 0. The highest BCUT2D eigenvalue weighted by Crippen LogP contribution is 2.21. The molecule has 0 bridgehead atoms. The average Bonchev–Trinajstić information content (AvgIpc) is 2.25. The van der Waals surface area contributed by atoms with E-state index in [9.17, 15) is 4.79 Å². The molecular formula is C14H23NO3. The summed E-state index contributed by atoms with van der Waals surface area (Å²) in [6.45, 7) is 9.34. The maximum Gasteiger partial charge on any atom is 0.410 e. The van der Waals surface area contributed by atoms with E-state index in [1.165, 1.54) is 0 Å². The molecule has 0 aromatic rings. The molecule has 1 saturated heterocycles. The third-order valence-electron chi connectivity index (χ3n) is 2.86. The topological polar surface area (TPSA) is 38.8 Å². The van der Waals surface area contributed by atoms with Gasteiger partial charge in [-0.15, -0.1) is 6.42 Å². The normalized spacial score (nSPS) is 24.5. The van der Waals surface area contributed by atoms with Gasteiger partial charge in [-0.3, -0.25) is 0 Å². The first-order valence-electron chi connectivity index (χ1n) is 6.36. The van der Waals surface area contributed by atoms with Crippen molar-refractivity contribution < 1.29 is 14.3 Å². The van der Waals surface area contributed by atoms with Crippen LogP contribution in [0.1, 0.15) is 34.1 Å². The molecule has 1 heterocycles. The van der Waals surface area contributed by atoms with Gasteiger partial charge < -0.3 is 14.4 Å².